The quantitative estimate of drug-likeness (QED) is 0.164. The van der Waals surface area contributed by atoms with Gasteiger partial charge in [0.15, 0.2) is 43.1 Å². The number of carbonyl (C=O) groups excluding carboxylic acids is 4. The molecule has 10 atom stereocenters. The molecule has 3 aliphatic heterocycles. The highest BCUT2D eigenvalue weighted by Gasteiger charge is 2.55. The zero-order valence-electron chi connectivity index (χ0n) is 26.3. The third-order valence-corrected chi connectivity index (χ3v) is 9.13. The Bertz CT molecular complexity index is 1610. The van der Waals surface area contributed by atoms with Gasteiger partial charge in [-0.1, -0.05) is 70.5 Å². The van der Waals surface area contributed by atoms with Crippen molar-refractivity contribution in [2.75, 3.05) is 13.7 Å². The van der Waals surface area contributed by atoms with E-state index in [2.05, 4.69) is 15.9 Å². The van der Waals surface area contributed by atoms with E-state index in [1.54, 1.807) is 97.9 Å². The van der Waals surface area contributed by atoms with Gasteiger partial charge in [0.2, 0.25) is 0 Å². The number of alkyl halides is 1. The summed E-state index contributed by atoms with van der Waals surface area (Å²) in [5.41, 5.74) is 0.628. The van der Waals surface area contributed by atoms with E-state index in [4.69, 9.17) is 42.6 Å². The maximum atomic E-state index is 13.5. The number of esters is 3. The predicted octanol–water partition coefficient (Wildman–Crippen LogP) is 4.46. The lowest BCUT2D eigenvalue weighted by atomic mass is 9.97. The maximum Gasteiger partial charge on any atom is 0.509 e. The van der Waals surface area contributed by atoms with E-state index in [9.17, 15) is 19.2 Å². The van der Waals surface area contributed by atoms with Crippen LogP contribution in [0, 0.1) is 0 Å². The topological polar surface area (TPSA) is 151 Å². The summed E-state index contributed by atoms with van der Waals surface area (Å²) in [4.78, 5) is 51.6. The zero-order valence-corrected chi connectivity index (χ0v) is 27.9. The van der Waals surface area contributed by atoms with Crippen LogP contribution in [0.5, 0.6) is 0 Å². The Balaban J connectivity index is 1.32. The number of hydrogen-bond donors (Lipinski definition) is 0. The molecule has 14 heteroatoms. The number of rotatable bonds is 10. The van der Waals surface area contributed by atoms with Crippen LogP contribution in [0.2, 0.25) is 0 Å². The van der Waals surface area contributed by atoms with Crippen molar-refractivity contribution in [2.24, 2.45) is 0 Å². The Hall–Kier alpha value is -4.34. The smallest absolute Gasteiger partial charge is 0.452 e. The number of ether oxygens (including phenoxy) is 9. The fourth-order valence-electron chi connectivity index (χ4n) is 5.73. The summed E-state index contributed by atoms with van der Waals surface area (Å²) in [5.74, 6) is -2.29. The number of methoxy groups -OCH3 is 1. The first-order valence-corrected chi connectivity index (χ1v) is 16.4. The Morgan fingerprint density at radius 3 is 1.63 bits per heavy atom. The second kappa shape index (κ2) is 15.5. The van der Waals surface area contributed by atoms with Gasteiger partial charge in [0.05, 0.1) is 29.4 Å². The number of carbonyl (C=O) groups is 4. The first-order valence-electron chi connectivity index (χ1n) is 15.5. The Morgan fingerprint density at radius 2 is 1.12 bits per heavy atom. The van der Waals surface area contributed by atoms with Crippen molar-refractivity contribution in [1.29, 1.82) is 0 Å². The summed E-state index contributed by atoms with van der Waals surface area (Å²) in [6.07, 6.45) is -10.4. The average Bonchev–Trinajstić information content (AvgIpc) is 3.54. The van der Waals surface area contributed by atoms with E-state index in [0.717, 1.165) is 0 Å². The average molecular weight is 742 g/mol. The number of fused-ring (bicyclic) bond motifs is 1. The Morgan fingerprint density at radius 1 is 0.653 bits per heavy atom. The van der Waals surface area contributed by atoms with Crippen LogP contribution in [0.4, 0.5) is 4.79 Å². The summed E-state index contributed by atoms with van der Waals surface area (Å²) in [6.45, 7) is 1.42. The molecule has 3 heterocycles. The molecule has 0 spiro atoms. The van der Waals surface area contributed by atoms with Gasteiger partial charge in [-0.05, 0) is 43.3 Å². The summed E-state index contributed by atoms with van der Waals surface area (Å²) in [5, 5.41) is 0. The molecule has 6 rings (SSSR count). The third-order valence-electron chi connectivity index (χ3n) is 8.18. The SMILES string of the molecule is CO[C@H]1O[C@H](CO[C@@H]2O[C@H](C)[C@@H]3OC(=O)O[C@@H]3[C@H]2Br)[C@@H](OC(=O)c2ccccc2)[C@H](OC(=O)c2ccccc2)[C@H]1OC(=O)c1ccccc1. The molecule has 49 heavy (non-hydrogen) atoms. The van der Waals surface area contributed by atoms with Crippen LogP contribution in [0.25, 0.3) is 0 Å². The minimum Gasteiger partial charge on any atom is -0.452 e. The van der Waals surface area contributed by atoms with Crippen LogP contribution in [-0.4, -0.2) is 97.9 Å². The molecule has 0 aromatic heterocycles. The minimum atomic E-state index is -1.44. The first kappa shape index (κ1) is 34.5. The highest BCUT2D eigenvalue weighted by molar-refractivity contribution is 9.09. The minimum absolute atomic E-state index is 0.201. The van der Waals surface area contributed by atoms with Gasteiger partial charge >= 0.3 is 24.1 Å². The molecular weight excluding hydrogens is 708 g/mol. The number of halogens is 1. The van der Waals surface area contributed by atoms with Crippen molar-refractivity contribution in [3.63, 3.8) is 0 Å². The molecule has 0 bridgehead atoms. The molecule has 0 aliphatic carbocycles. The molecule has 3 aromatic rings. The molecule has 0 saturated carbocycles. The molecule has 3 aliphatic rings. The van der Waals surface area contributed by atoms with Crippen LogP contribution in [0.1, 0.15) is 38.0 Å². The summed E-state index contributed by atoms with van der Waals surface area (Å²) in [7, 11) is 1.33. The van der Waals surface area contributed by atoms with Crippen LogP contribution in [0.3, 0.4) is 0 Å². The first-order chi connectivity index (χ1) is 23.7. The van der Waals surface area contributed by atoms with E-state index in [1.165, 1.54) is 7.11 Å². The van der Waals surface area contributed by atoms with Crippen molar-refractivity contribution >= 4 is 40.0 Å². The number of hydrogen-bond acceptors (Lipinski definition) is 13. The van der Waals surface area contributed by atoms with Crippen molar-refractivity contribution in [1.82, 2.24) is 0 Å². The molecule has 3 saturated heterocycles. The largest absolute Gasteiger partial charge is 0.509 e. The molecule has 258 valence electrons. The standard InChI is InChI=1S/C35H33BrO13/c1-19-25-27(49-35(40)48-25)24(36)33(43-19)42-18-23-26(45-30(37)20-12-6-3-7-13-20)28(46-31(38)21-14-8-4-9-15-21)29(34(41-2)44-23)47-32(39)22-16-10-5-11-17-22/h3-17,19,23-29,33-34H,18H2,1-2H3/t19-,23-,24-,25+,26-,27-,28+,29-,33-,34+/m1/s1. The lowest BCUT2D eigenvalue weighted by Crippen LogP contribution is -2.63. The van der Waals surface area contributed by atoms with Crippen molar-refractivity contribution in [3.8, 4) is 0 Å². The van der Waals surface area contributed by atoms with Gasteiger partial charge in [0, 0.05) is 7.11 Å². The van der Waals surface area contributed by atoms with Crippen LogP contribution >= 0.6 is 15.9 Å². The molecule has 13 nitrogen and oxygen atoms in total. The molecular formula is C35H33BrO13. The van der Waals surface area contributed by atoms with E-state index in [0.29, 0.717) is 0 Å². The van der Waals surface area contributed by atoms with Gasteiger partial charge in [-0.2, -0.15) is 0 Å². The van der Waals surface area contributed by atoms with E-state index in [-0.39, 0.29) is 23.3 Å². The summed E-state index contributed by atoms with van der Waals surface area (Å²) >= 11 is 3.50. The maximum absolute atomic E-state index is 13.5. The molecule has 3 fully saturated rings. The van der Waals surface area contributed by atoms with Gasteiger partial charge in [-0.15, -0.1) is 0 Å². The van der Waals surface area contributed by atoms with E-state index < -0.39 is 84.2 Å². The molecule has 0 amide bonds. The third kappa shape index (κ3) is 7.78. The normalized spacial score (nSPS) is 30.6. The lowest BCUT2D eigenvalue weighted by Gasteiger charge is -2.45. The van der Waals surface area contributed by atoms with Crippen LogP contribution in [0.15, 0.2) is 91.0 Å². The summed E-state index contributed by atoms with van der Waals surface area (Å²) < 4.78 is 52.5. The van der Waals surface area contributed by atoms with Crippen molar-refractivity contribution in [2.45, 2.75) is 67.1 Å². The van der Waals surface area contributed by atoms with Gasteiger partial charge in [0.25, 0.3) is 0 Å². The monoisotopic (exact) mass is 740 g/mol. The molecule has 3 aromatic carbocycles. The van der Waals surface area contributed by atoms with Crippen LogP contribution in [-0.2, 0) is 42.6 Å². The van der Waals surface area contributed by atoms with Crippen molar-refractivity contribution in [3.05, 3.63) is 108 Å². The van der Waals surface area contributed by atoms with Crippen LogP contribution < -0.4 is 0 Å². The fourth-order valence-corrected chi connectivity index (χ4v) is 6.42. The second-order valence-corrected chi connectivity index (χ2v) is 12.4. The highest BCUT2D eigenvalue weighted by atomic mass is 79.9. The molecule has 0 unspecified atom stereocenters. The lowest BCUT2D eigenvalue weighted by molar-refractivity contribution is -0.305. The van der Waals surface area contributed by atoms with E-state index in [1.807, 2.05) is 0 Å². The Labute approximate surface area is 289 Å². The molecule has 0 N–H and O–H groups in total. The van der Waals surface area contributed by atoms with Gasteiger partial charge < -0.3 is 42.6 Å². The van der Waals surface area contributed by atoms with Gasteiger partial charge in [-0.25, -0.2) is 19.2 Å². The predicted molar refractivity (Wildman–Crippen MR) is 171 cm³/mol. The highest BCUT2D eigenvalue weighted by Crippen LogP contribution is 2.36. The number of benzene rings is 3. The summed E-state index contributed by atoms with van der Waals surface area (Å²) in [6, 6.07) is 24.5. The fraction of sp³-hybridized carbons (Fsp3) is 0.371. The van der Waals surface area contributed by atoms with Gasteiger partial charge in [0.1, 0.15) is 10.9 Å². The van der Waals surface area contributed by atoms with Gasteiger partial charge in [-0.3, -0.25) is 0 Å². The van der Waals surface area contributed by atoms with E-state index >= 15 is 0 Å². The zero-order chi connectivity index (χ0) is 34.5. The molecule has 0 radical (unpaired) electrons. The second-order valence-electron chi connectivity index (χ2n) is 11.4. The Kier molecular flexibility index (Phi) is 10.9. The van der Waals surface area contributed by atoms with Crippen molar-refractivity contribution < 1.29 is 61.8 Å².